The Balaban J connectivity index is 2.12. The van der Waals surface area contributed by atoms with Gasteiger partial charge in [-0.3, -0.25) is 9.48 Å². The van der Waals surface area contributed by atoms with Crippen LogP contribution in [0.5, 0.6) is 0 Å². The van der Waals surface area contributed by atoms with Gasteiger partial charge in [-0.25, -0.2) is 0 Å². The fourth-order valence-electron chi connectivity index (χ4n) is 2.05. The zero-order valence-electron chi connectivity index (χ0n) is 12.1. The summed E-state index contributed by atoms with van der Waals surface area (Å²) >= 11 is 0. The molecule has 0 aliphatic rings. The molecule has 1 heterocycles. The number of para-hydroxylation sites is 1. The number of nitrogens with one attached hydrogen (secondary N) is 1. The second kappa shape index (κ2) is 5.36. The molecule has 0 unspecified atom stereocenters. The van der Waals surface area contributed by atoms with Crippen LogP contribution in [-0.4, -0.2) is 15.7 Å². The summed E-state index contributed by atoms with van der Waals surface area (Å²) in [6, 6.07) is 9.50. The van der Waals surface area contributed by atoms with Crippen molar-refractivity contribution >= 4 is 17.4 Å². The van der Waals surface area contributed by atoms with Crippen LogP contribution in [0.4, 0.5) is 11.5 Å². The van der Waals surface area contributed by atoms with Crippen LogP contribution in [0.1, 0.15) is 26.3 Å². The number of carbonyl (C=O) groups excluding carboxylic acids is 1. The molecule has 5 nitrogen and oxygen atoms in total. The number of benzene rings is 1. The van der Waals surface area contributed by atoms with E-state index in [9.17, 15) is 4.79 Å². The van der Waals surface area contributed by atoms with Crippen LogP contribution >= 0.6 is 0 Å². The summed E-state index contributed by atoms with van der Waals surface area (Å²) in [4.78, 5) is 12.1. The number of hydrogen-bond acceptors (Lipinski definition) is 3. The van der Waals surface area contributed by atoms with E-state index >= 15 is 0 Å². The smallest absolute Gasteiger partial charge is 0.246 e. The highest BCUT2D eigenvalue weighted by atomic mass is 16.2. The highest BCUT2D eigenvalue weighted by molar-refractivity contribution is 5.91. The number of carbonyl (C=O) groups is 1. The largest absolute Gasteiger partial charge is 0.382 e. The molecular formula is C15H20N4O. The molecule has 2 rings (SSSR count). The Morgan fingerprint density at radius 2 is 2.00 bits per heavy atom. The minimum Gasteiger partial charge on any atom is -0.382 e. The lowest BCUT2D eigenvalue weighted by Gasteiger charge is -2.23. The van der Waals surface area contributed by atoms with Crippen LogP contribution in [0, 0.1) is 0 Å². The van der Waals surface area contributed by atoms with Gasteiger partial charge in [0.2, 0.25) is 5.91 Å². The summed E-state index contributed by atoms with van der Waals surface area (Å²) < 4.78 is 1.52. The summed E-state index contributed by atoms with van der Waals surface area (Å²) in [5.41, 5.74) is 7.44. The van der Waals surface area contributed by atoms with E-state index in [2.05, 4.69) is 31.2 Å². The van der Waals surface area contributed by atoms with E-state index in [1.165, 1.54) is 4.68 Å². The first kappa shape index (κ1) is 14.1. The molecule has 1 aromatic carbocycles. The maximum absolute atomic E-state index is 12.1. The zero-order valence-corrected chi connectivity index (χ0v) is 12.1. The highest BCUT2D eigenvalue weighted by Crippen LogP contribution is 2.29. The van der Waals surface area contributed by atoms with Gasteiger partial charge in [0.05, 0.1) is 0 Å². The topological polar surface area (TPSA) is 72.9 Å². The first-order chi connectivity index (χ1) is 9.36. The van der Waals surface area contributed by atoms with Crippen LogP contribution < -0.4 is 11.1 Å². The maximum atomic E-state index is 12.1. The Bertz CT molecular complexity index is 610. The van der Waals surface area contributed by atoms with Crippen molar-refractivity contribution in [2.75, 3.05) is 11.1 Å². The van der Waals surface area contributed by atoms with E-state index in [0.717, 1.165) is 11.3 Å². The number of amides is 1. The molecule has 0 spiro atoms. The average molecular weight is 272 g/mol. The summed E-state index contributed by atoms with van der Waals surface area (Å²) in [6.07, 6.45) is 1.69. The van der Waals surface area contributed by atoms with Crippen LogP contribution in [0.2, 0.25) is 0 Å². The molecule has 0 atom stereocenters. The molecule has 5 heteroatoms. The van der Waals surface area contributed by atoms with E-state index in [0.29, 0.717) is 5.82 Å². The molecule has 3 N–H and O–H groups in total. The molecule has 106 valence electrons. The van der Waals surface area contributed by atoms with E-state index in [1.807, 2.05) is 24.3 Å². The van der Waals surface area contributed by atoms with Gasteiger partial charge < -0.3 is 11.1 Å². The first-order valence-corrected chi connectivity index (χ1v) is 6.54. The van der Waals surface area contributed by atoms with Crippen molar-refractivity contribution in [2.45, 2.75) is 32.7 Å². The third kappa shape index (κ3) is 3.38. The van der Waals surface area contributed by atoms with Crippen molar-refractivity contribution in [3.63, 3.8) is 0 Å². The van der Waals surface area contributed by atoms with Gasteiger partial charge in [0.25, 0.3) is 0 Å². The zero-order chi connectivity index (χ0) is 14.8. The molecule has 0 bridgehead atoms. The molecule has 0 fully saturated rings. The van der Waals surface area contributed by atoms with E-state index in [-0.39, 0.29) is 17.9 Å². The van der Waals surface area contributed by atoms with Gasteiger partial charge in [0, 0.05) is 11.9 Å². The minimum atomic E-state index is -0.121. The molecule has 0 radical (unpaired) electrons. The fraction of sp³-hybridized carbons (Fsp3) is 0.333. The van der Waals surface area contributed by atoms with Gasteiger partial charge >= 0.3 is 0 Å². The third-order valence-electron chi connectivity index (χ3n) is 2.98. The normalized spacial score (nSPS) is 11.3. The average Bonchev–Trinajstić information content (AvgIpc) is 2.73. The monoisotopic (exact) mass is 272 g/mol. The second-order valence-corrected chi connectivity index (χ2v) is 5.78. The summed E-state index contributed by atoms with van der Waals surface area (Å²) in [7, 11) is 0. The standard InChI is InChI=1S/C15H20N4O/c1-15(2,3)11-6-4-5-7-12(11)17-14(20)10-19-9-8-13(16)18-19/h4-9H,10H2,1-3H3,(H2,16,18)(H,17,20). The molecule has 0 saturated heterocycles. The van der Waals surface area contributed by atoms with E-state index in [4.69, 9.17) is 5.73 Å². The quantitative estimate of drug-likeness (QED) is 0.901. The number of rotatable bonds is 3. The lowest BCUT2D eigenvalue weighted by molar-refractivity contribution is -0.116. The SMILES string of the molecule is CC(C)(C)c1ccccc1NC(=O)Cn1ccc(N)n1. The molecule has 2 aromatic rings. The van der Waals surface area contributed by atoms with E-state index < -0.39 is 0 Å². The number of nitrogens with zero attached hydrogens (tertiary/aromatic N) is 2. The predicted octanol–water partition coefficient (Wildman–Crippen LogP) is 2.40. The highest BCUT2D eigenvalue weighted by Gasteiger charge is 2.18. The number of anilines is 2. The molecule has 20 heavy (non-hydrogen) atoms. The van der Waals surface area contributed by atoms with Crippen LogP contribution in [0.15, 0.2) is 36.5 Å². The van der Waals surface area contributed by atoms with Crippen LogP contribution in [0.3, 0.4) is 0 Å². The summed E-state index contributed by atoms with van der Waals surface area (Å²) in [6.45, 7) is 6.50. The number of nitrogen functional groups attached to an aromatic ring is 1. The minimum absolute atomic E-state index is 0.0278. The number of aromatic nitrogens is 2. The first-order valence-electron chi connectivity index (χ1n) is 6.54. The van der Waals surface area contributed by atoms with Gasteiger partial charge in [-0.15, -0.1) is 0 Å². The van der Waals surface area contributed by atoms with E-state index in [1.54, 1.807) is 12.3 Å². The van der Waals surface area contributed by atoms with Crippen molar-refractivity contribution in [2.24, 2.45) is 0 Å². The lowest BCUT2D eigenvalue weighted by atomic mass is 9.86. The molecular weight excluding hydrogens is 252 g/mol. The van der Waals surface area contributed by atoms with Crippen molar-refractivity contribution < 1.29 is 4.79 Å². The maximum Gasteiger partial charge on any atom is 0.246 e. The number of hydrogen-bond donors (Lipinski definition) is 2. The Labute approximate surface area is 118 Å². The molecule has 1 amide bonds. The van der Waals surface area contributed by atoms with Gasteiger partial charge in [-0.1, -0.05) is 39.0 Å². The van der Waals surface area contributed by atoms with Gasteiger partial charge in [-0.2, -0.15) is 5.10 Å². The van der Waals surface area contributed by atoms with Gasteiger partial charge in [0.1, 0.15) is 12.4 Å². The van der Waals surface area contributed by atoms with Crippen LogP contribution in [-0.2, 0) is 16.8 Å². The molecule has 0 aliphatic heterocycles. The Morgan fingerprint density at radius 3 is 2.60 bits per heavy atom. The Morgan fingerprint density at radius 1 is 1.30 bits per heavy atom. The second-order valence-electron chi connectivity index (χ2n) is 5.78. The summed E-state index contributed by atoms with van der Waals surface area (Å²) in [5, 5.41) is 6.93. The molecule has 0 saturated carbocycles. The fourth-order valence-corrected chi connectivity index (χ4v) is 2.05. The Hall–Kier alpha value is -2.30. The van der Waals surface area contributed by atoms with Crippen LogP contribution in [0.25, 0.3) is 0 Å². The van der Waals surface area contributed by atoms with Crippen molar-refractivity contribution in [3.05, 3.63) is 42.1 Å². The number of nitrogens with two attached hydrogens (primary N) is 1. The summed E-state index contributed by atoms with van der Waals surface area (Å²) in [5.74, 6) is 0.290. The third-order valence-corrected chi connectivity index (χ3v) is 2.98. The predicted molar refractivity (Wildman–Crippen MR) is 80.4 cm³/mol. The van der Waals surface area contributed by atoms with Crippen molar-refractivity contribution in [1.29, 1.82) is 0 Å². The molecule has 0 aliphatic carbocycles. The molecule has 1 aromatic heterocycles. The Kier molecular flexibility index (Phi) is 3.79. The van der Waals surface area contributed by atoms with Crippen molar-refractivity contribution in [3.8, 4) is 0 Å². The van der Waals surface area contributed by atoms with Gasteiger partial charge in [0.15, 0.2) is 0 Å². The van der Waals surface area contributed by atoms with Gasteiger partial charge in [-0.05, 0) is 23.1 Å². The van der Waals surface area contributed by atoms with Crippen molar-refractivity contribution in [1.82, 2.24) is 9.78 Å². The lowest BCUT2D eigenvalue weighted by Crippen LogP contribution is -2.22.